The standard InChI is InChI=1S/C11H21N3O5/c1-2-3-4-5-14(12)7-9(15)13-8(11(18)19)6-10(16)17/h8H,2-7,12H2,1H3,(H,13,15)(H,16,17)(H,18,19). The molecule has 19 heavy (non-hydrogen) atoms. The van der Waals surface area contributed by atoms with E-state index in [1.54, 1.807) is 0 Å². The number of hydrogen-bond acceptors (Lipinski definition) is 5. The molecule has 0 saturated carbocycles. The van der Waals surface area contributed by atoms with E-state index in [-0.39, 0.29) is 6.54 Å². The van der Waals surface area contributed by atoms with Crippen LogP contribution < -0.4 is 11.2 Å². The summed E-state index contributed by atoms with van der Waals surface area (Å²) in [4.78, 5) is 32.7. The van der Waals surface area contributed by atoms with E-state index in [4.69, 9.17) is 16.1 Å². The number of carbonyl (C=O) groups is 3. The summed E-state index contributed by atoms with van der Waals surface area (Å²) < 4.78 is 0. The summed E-state index contributed by atoms with van der Waals surface area (Å²) in [7, 11) is 0. The van der Waals surface area contributed by atoms with Crippen molar-refractivity contribution < 1.29 is 24.6 Å². The summed E-state index contributed by atoms with van der Waals surface area (Å²) in [6.45, 7) is 2.40. The highest BCUT2D eigenvalue weighted by molar-refractivity contribution is 5.87. The molecule has 5 N–H and O–H groups in total. The van der Waals surface area contributed by atoms with E-state index in [2.05, 4.69) is 5.32 Å². The number of nitrogens with two attached hydrogens (primary N) is 1. The van der Waals surface area contributed by atoms with Gasteiger partial charge in [0.2, 0.25) is 5.91 Å². The molecule has 0 aliphatic carbocycles. The van der Waals surface area contributed by atoms with Gasteiger partial charge in [0.25, 0.3) is 0 Å². The minimum absolute atomic E-state index is 0.160. The van der Waals surface area contributed by atoms with Gasteiger partial charge in [0.15, 0.2) is 0 Å². The number of carboxylic acids is 2. The van der Waals surface area contributed by atoms with Crippen LogP contribution in [0.1, 0.15) is 32.6 Å². The fourth-order valence-electron chi connectivity index (χ4n) is 1.44. The summed E-state index contributed by atoms with van der Waals surface area (Å²) >= 11 is 0. The van der Waals surface area contributed by atoms with E-state index in [0.29, 0.717) is 6.54 Å². The molecule has 0 radical (unpaired) electrons. The van der Waals surface area contributed by atoms with E-state index in [9.17, 15) is 14.4 Å². The lowest BCUT2D eigenvalue weighted by Crippen LogP contribution is -2.48. The molecule has 8 heteroatoms. The lowest BCUT2D eigenvalue weighted by molar-refractivity contribution is -0.147. The minimum Gasteiger partial charge on any atom is -0.481 e. The van der Waals surface area contributed by atoms with Crippen LogP contribution in [-0.4, -0.2) is 52.2 Å². The highest BCUT2D eigenvalue weighted by atomic mass is 16.4. The van der Waals surface area contributed by atoms with Gasteiger partial charge in [-0.3, -0.25) is 15.4 Å². The molecule has 1 amide bonds. The summed E-state index contributed by atoms with van der Waals surface area (Å²) in [5, 5.41) is 20.7. The average Bonchev–Trinajstić information content (AvgIpc) is 2.27. The Labute approximate surface area is 111 Å². The third-order valence-corrected chi connectivity index (χ3v) is 2.41. The molecule has 0 spiro atoms. The molecular weight excluding hydrogens is 254 g/mol. The first kappa shape index (κ1) is 17.3. The van der Waals surface area contributed by atoms with Gasteiger partial charge in [-0.05, 0) is 6.42 Å². The zero-order chi connectivity index (χ0) is 14.8. The van der Waals surface area contributed by atoms with E-state index in [0.717, 1.165) is 19.3 Å². The van der Waals surface area contributed by atoms with Crippen LogP contribution in [0.15, 0.2) is 0 Å². The van der Waals surface area contributed by atoms with Crippen molar-refractivity contribution in [2.75, 3.05) is 13.1 Å². The van der Waals surface area contributed by atoms with Gasteiger partial charge in [0, 0.05) is 6.54 Å². The summed E-state index contributed by atoms with van der Waals surface area (Å²) in [5.41, 5.74) is 0. The second-order valence-electron chi connectivity index (χ2n) is 4.23. The van der Waals surface area contributed by atoms with Crippen molar-refractivity contribution in [1.82, 2.24) is 10.3 Å². The number of unbranched alkanes of at least 4 members (excludes halogenated alkanes) is 2. The quantitative estimate of drug-likeness (QED) is 0.237. The van der Waals surface area contributed by atoms with Gasteiger partial charge in [-0.15, -0.1) is 0 Å². The van der Waals surface area contributed by atoms with Crippen LogP contribution in [0.3, 0.4) is 0 Å². The van der Waals surface area contributed by atoms with Crippen molar-refractivity contribution in [3.8, 4) is 0 Å². The predicted molar refractivity (Wildman–Crippen MR) is 67.1 cm³/mol. The molecule has 8 nitrogen and oxygen atoms in total. The maximum Gasteiger partial charge on any atom is 0.326 e. The largest absolute Gasteiger partial charge is 0.481 e. The number of amides is 1. The first-order chi connectivity index (χ1) is 8.86. The number of nitrogens with zero attached hydrogens (tertiary/aromatic N) is 1. The fourth-order valence-corrected chi connectivity index (χ4v) is 1.44. The number of carbonyl (C=O) groups excluding carboxylic acids is 1. The van der Waals surface area contributed by atoms with Crippen molar-refractivity contribution in [2.24, 2.45) is 5.84 Å². The summed E-state index contributed by atoms with van der Waals surface area (Å²) in [6.07, 6.45) is 2.20. The molecule has 1 atom stereocenters. The van der Waals surface area contributed by atoms with Crippen molar-refractivity contribution in [1.29, 1.82) is 0 Å². The van der Waals surface area contributed by atoms with E-state index < -0.39 is 30.3 Å². The van der Waals surface area contributed by atoms with E-state index in [1.165, 1.54) is 5.01 Å². The van der Waals surface area contributed by atoms with Crippen molar-refractivity contribution in [3.63, 3.8) is 0 Å². The van der Waals surface area contributed by atoms with Crippen LogP contribution in [0.5, 0.6) is 0 Å². The Kier molecular flexibility index (Phi) is 8.47. The van der Waals surface area contributed by atoms with Gasteiger partial charge in [0.1, 0.15) is 6.04 Å². The third kappa shape index (κ3) is 8.97. The van der Waals surface area contributed by atoms with Gasteiger partial charge in [-0.2, -0.15) is 0 Å². The minimum atomic E-state index is -1.44. The first-order valence-electron chi connectivity index (χ1n) is 6.10. The van der Waals surface area contributed by atoms with Gasteiger partial charge in [0.05, 0.1) is 13.0 Å². The average molecular weight is 275 g/mol. The maximum absolute atomic E-state index is 11.5. The third-order valence-electron chi connectivity index (χ3n) is 2.41. The molecule has 0 bridgehead atoms. The highest BCUT2D eigenvalue weighted by Crippen LogP contribution is 1.96. The molecule has 0 aromatic carbocycles. The van der Waals surface area contributed by atoms with Crippen molar-refractivity contribution >= 4 is 17.8 Å². The van der Waals surface area contributed by atoms with Crippen molar-refractivity contribution in [2.45, 2.75) is 38.6 Å². The molecule has 0 aliphatic heterocycles. The Bertz CT molecular complexity index is 321. The number of aliphatic carboxylic acids is 2. The van der Waals surface area contributed by atoms with Crippen LogP contribution in [-0.2, 0) is 14.4 Å². The molecular formula is C11H21N3O5. The Morgan fingerprint density at radius 3 is 2.37 bits per heavy atom. The summed E-state index contributed by atoms with van der Waals surface area (Å²) in [5.74, 6) is 2.30. The van der Waals surface area contributed by atoms with Crippen LogP contribution >= 0.6 is 0 Å². The Balaban J connectivity index is 4.11. The van der Waals surface area contributed by atoms with Gasteiger partial charge >= 0.3 is 11.9 Å². The smallest absolute Gasteiger partial charge is 0.326 e. The number of rotatable bonds is 10. The molecule has 0 aliphatic rings. The summed E-state index contributed by atoms with van der Waals surface area (Å²) in [6, 6.07) is -1.44. The SMILES string of the molecule is CCCCCN(N)CC(=O)NC(CC(=O)O)C(=O)O. The van der Waals surface area contributed by atoms with Crippen LogP contribution in [0, 0.1) is 0 Å². The maximum atomic E-state index is 11.5. The van der Waals surface area contributed by atoms with E-state index >= 15 is 0 Å². The van der Waals surface area contributed by atoms with Crippen molar-refractivity contribution in [3.05, 3.63) is 0 Å². The fraction of sp³-hybridized carbons (Fsp3) is 0.727. The van der Waals surface area contributed by atoms with Gasteiger partial charge < -0.3 is 15.5 Å². The molecule has 1 unspecified atom stereocenters. The molecule has 0 heterocycles. The topological polar surface area (TPSA) is 133 Å². The normalized spacial score (nSPS) is 12.2. The monoisotopic (exact) mass is 275 g/mol. The van der Waals surface area contributed by atoms with Gasteiger partial charge in [-0.25, -0.2) is 9.80 Å². The van der Waals surface area contributed by atoms with Crippen LogP contribution in [0.25, 0.3) is 0 Å². The lowest BCUT2D eigenvalue weighted by Gasteiger charge is -2.17. The first-order valence-corrected chi connectivity index (χ1v) is 6.10. The lowest BCUT2D eigenvalue weighted by atomic mass is 10.2. The molecule has 0 aromatic rings. The van der Waals surface area contributed by atoms with E-state index in [1.807, 2.05) is 6.92 Å². The highest BCUT2D eigenvalue weighted by Gasteiger charge is 2.23. The number of hydrazine groups is 1. The van der Waals surface area contributed by atoms with Crippen LogP contribution in [0.4, 0.5) is 0 Å². The Hall–Kier alpha value is -1.67. The zero-order valence-corrected chi connectivity index (χ0v) is 11.0. The molecule has 110 valence electrons. The number of nitrogens with one attached hydrogen (secondary N) is 1. The Morgan fingerprint density at radius 2 is 1.89 bits per heavy atom. The zero-order valence-electron chi connectivity index (χ0n) is 11.0. The predicted octanol–water partition coefficient (Wildman–Crippen LogP) is -0.604. The molecule has 0 fully saturated rings. The molecule has 0 rings (SSSR count). The van der Waals surface area contributed by atoms with Crippen LogP contribution in [0.2, 0.25) is 0 Å². The molecule has 0 aromatic heterocycles. The second kappa shape index (κ2) is 9.29. The Morgan fingerprint density at radius 1 is 1.26 bits per heavy atom. The number of carboxylic acid groups (broad SMARTS) is 2. The second-order valence-corrected chi connectivity index (χ2v) is 4.23. The number of hydrogen-bond donors (Lipinski definition) is 4. The van der Waals surface area contributed by atoms with Gasteiger partial charge in [-0.1, -0.05) is 19.8 Å². The molecule has 0 saturated heterocycles.